The summed E-state index contributed by atoms with van der Waals surface area (Å²) in [6, 6.07) is 0. The van der Waals surface area contributed by atoms with E-state index in [1.54, 1.807) is 13.0 Å². The Morgan fingerprint density at radius 1 is 1.38 bits per heavy atom. The van der Waals surface area contributed by atoms with E-state index in [9.17, 15) is 0 Å². The molecule has 0 bridgehead atoms. The molecule has 0 aliphatic rings. The SMILES string of the molecule is C=C(Cl)C(Cl)=CCC=CCC(C)=N. The molecule has 0 radical (unpaired) electrons. The van der Waals surface area contributed by atoms with Crippen LogP contribution < -0.4 is 0 Å². The maximum Gasteiger partial charge on any atom is 0.0549 e. The van der Waals surface area contributed by atoms with Crippen LogP contribution in [-0.4, -0.2) is 5.71 Å². The van der Waals surface area contributed by atoms with Crippen molar-refractivity contribution in [1.29, 1.82) is 5.41 Å². The number of hydrogen-bond acceptors (Lipinski definition) is 1. The van der Waals surface area contributed by atoms with Crippen LogP contribution >= 0.6 is 23.2 Å². The molecule has 0 saturated carbocycles. The Hall–Kier alpha value is -0.530. The third-order valence-corrected chi connectivity index (χ3v) is 1.97. The molecule has 0 aromatic carbocycles. The quantitative estimate of drug-likeness (QED) is 0.405. The van der Waals surface area contributed by atoms with E-state index in [4.69, 9.17) is 28.6 Å². The Morgan fingerprint density at radius 3 is 2.46 bits per heavy atom. The highest BCUT2D eigenvalue weighted by atomic mass is 35.5. The lowest BCUT2D eigenvalue weighted by Crippen LogP contribution is -1.81. The highest BCUT2D eigenvalue weighted by Gasteiger charge is 1.91. The lowest BCUT2D eigenvalue weighted by Gasteiger charge is -1.91. The number of nitrogens with one attached hydrogen (secondary N) is 1. The molecule has 0 fully saturated rings. The molecular weight excluding hydrogens is 205 g/mol. The van der Waals surface area contributed by atoms with E-state index in [-0.39, 0.29) is 0 Å². The van der Waals surface area contributed by atoms with Gasteiger partial charge in [0.25, 0.3) is 0 Å². The number of hydrogen-bond donors (Lipinski definition) is 1. The zero-order valence-electron chi connectivity index (χ0n) is 7.61. The fourth-order valence-electron chi connectivity index (χ4n) is 0.639. The van der Waals surface area contributed by atoms with Crippen molar-refractivity contribution in [2.24, 2.45) is 0 Å². The first-order valence-electron chi connectivity index (χ1n) is 3.93. The maximum absolute atomic E-state index is 7.15. The molecule has 0 atom stereocenters. The number of rotatable bonds is 5. The molecule has 0 amide bonds. The second-order valence-corrected chi connectivity index (χ2v) is 3.51. The van der Waals surface area contributed by atoms with Crippen molar-refractivity contribution >= 4 is 28.9 Å². The zero-order valence-corrected chi connectivity index (χ0v) is 9.12. The second kappa shape index (κ2) is 6.93. The summed E-state index contributed by atoms with van der Waals surface area (Å²) >= 11 is 11.2. The summed E-state index contributed by atoms with van der Waals surface area (Å²) in [6.45, 7) is 5.26. The molecule has 0 saturated heterocycles. The first kappa shape index (κ1) is 12.5. The van der Waals surface area contributed by atoms with Crippen molar-refractivity contribution in [3.63, 3.8) is 0 Å². The van der Waals surface area contributed by atoms with Gasteiger partial charge in [0, 0.05) is 12.1 Å². The molecule has 0 aromatic heterocycles. The first-order valence-corrected chi connectivity index (χ1v) is 4.69. The topological polar surface area (TPSA) is 23.9 Å². The maximum atomic E-state index is 7.15. The van der Waals surface area contributed by atoms with Crippen molar-refractivity contribution in [3.05, 3.63) is 34.9 Å². The standard InChI is InChI=1S/C10H13Cl2N/c1-8(13)6-4-3-5-7-10(12)9(2)11/h3-4,7,13H,2,5-6H2,1H3. The Labute approximate surface area is 89.2 Å². The van der Waals surface area contributed by atoms with Crippen molar-refractivity contribution in [3.8, 4) is 0 Å². The predicted octanol–water partition coefficient (Wildman–Crippen LogP) is 4.24. The van der Waals surface area contributed by atoms with Gasteiger partial charge in [-0.1, -0.05) is 48.0 Å². The van der Waals surface area contributed by atoms with Crippen molar-refractivity contribution < 1.29 is 0 Å². The fraction of sp³-hybridized carbons (Fsp3) is 0.300. The molecule has 3 heteroatoms. The Morgan fingerprint density at radius 2 is 2.00 bits per heavy atom. The number of halogens is 2. The number of allylic oxidation sites excluding steroid dienone is 5. The fourth-order valence-corrected chi connectivity index (χ4v) is 0.805. The summed E-state index contributed by atoms with van der Waals surface area (Å²) in [4.78, 5) is 0. The van der Waals surface area contributed by atoms with Gasteiger partial charge in [-0.3, -0.25) is 0 Å². The van der Waals surface area contributed by atoms with Gasteiger partial charge in [-0.25, -0.2) is 0 Å². The smallest absolute Gasteiger partial charge is 0.0549 e. The third-order valence-electron chi connectivity index (χ3n) is 1.28. The van der Waals surface area contributed by atoms with Gasteiger partial charge in [0.05, 0.1) is 10.1 Å². The normalized spacial score (nSPS) is 12.1. The molecule has 0 aliphatic heterocycles. The molecule has 1 nitrogen and oxygen atoms in total. The Balaban J connectivity index is 3.78. The van der Waals surface area contributed by atoms with Crippen LogP contribution in [-0.2, 0) is 0 Å². The van der Waals surface area contributed by atoms with Crippen molar-refractivity contribution in [2.45, 2.75) is 19.8 Å². The third kappa shape index (κ3) is 7.82. The van der Waals surface area contributed by atoms with Gasteiger partial charge in [0.2, 0.25) is 0 Å². The highest BCUT2D eigenvalue weighted by Crippen LogP contribution is 2.16. The average Bonchev–Trinajstić information content (AvgIpc) is 2.02. The second-order valence-electron chi connectivity index (χ2n) is 2.65. The van der Waals surface area contributed by atoms with Crippen molar-refractivity contribution in [1.82, 2.24) is 0 Å². The summed E-state index contributed by atoms with van der Waals surface area (Å²) in [5, 5.41) is 8.00. The zero-order chi connectivity index (χ0) is 10.3. The summed E-state index contributed by atoms with van der Waals surface area (Å²) < 4.78 is 0. The van der Waals surface area contributed by atoms with Crippen LogP contribution in [0, 0.1) is 5.41 Å². The highest BCUT2D eigenvalue weighted by molar-refractivity contribution is 6.43. The largest absolute Gasteiger partial charge is 0.310 e. The van der Waals surface area contributed by atoms with Gasteiger partial charge >= 0.3 is 0 Å². The molecule has 0 aliphatic carbocycles. The lowest BCUT2D eigenvalue weighted by molar-refractivity contribution is 1.30. The van der Waals surface area contributed by atoms with E-state index in [0.29, 0.717) is 22.2 Å². The van der Waals surface area contributed by atoms with Crippen LogP contribution in [0.4, 0.5) is 0 Å². The minimum atomic E-state index is 0.360. The molecule has 0 spiro atoms. The van der Waals surface area contributed by atoms with E-state index in [2.05, 4.69) is 6.58 Å². The van der Waals surface area contributed by atoms with Crippen LogP contribution in [0.25, 0.3) is 0 Å². The lowest BCUT2D eigenvalue weighted by atomic mass is 10.2. The van der Waals surface area contributed by atoms with Crippen LogP contribution in [0.15, 0.2) is 34.9 Å². The molecule has 0 aromatic rings. The first-order chi connectivity index (χ1) is 6.04. The summed E-state index contributed by atoms with van der Waals surface area (Å²) in [6.07, 6.45) is 7.07. The van der Waals surface area contributed by atoms with Crippen LogP contribution in [0.1, 0.15) is 19.8 Å². The van der Waals surface area contributed by atoms with E-state index >= 15 is 0 Å². The minimum absolute atomic E-state index is 0.360. The van der Waals surface area contributed by atoms with E-state index < -0.39 is 0 Å². The van der Waals surface area contributed by atoms with Gasteiger partial charge in [0.15, 0.2) is 0 Å². The van der Waals surface area contributed by atoms with Gasteiger partial charge in [-0.2, -0.15) is 0 Å². The minimum Gasteiger partial charge on any atom is -0.310 e. The Kier molecular flexibility index (Phi) is 6.65. The van der Waals surface area contributed by atoms with Crippen LogP contribution in [0.2, 0.25) is 0 Å². The predicted molar refractivity (Wildman–Crippen MR) is 60.7 cm³/mol. The molecule has 72 valence electrons. The molecule has 0 heterocycles. The molecule has 1 N–H and O–H groups in total. The van der Waals surface area contributed by atoms with Crippen molar-refractivity contribution in [2.75, 3.05) is 0 Å². The summed E-state index contributed by atoms with van der Waals surface area (Å²) in [5.41, 5.74) is 0.646. The van der Waals surface area contributed by atoms with E-state index in [0.717, 1.165) is 6.42 Å². The average molecular weight is 218 g/mol. The van der Waals surface area contributed by atoms with Gasteiger partial charge in [-0.05, 0) is 13.3 Å². The molecular formula is C10H13Cl2N. The Bertz CT molecular complexity index is 252. The van der Waals surface area contributed by atoms with Crippen LogP contribution in [0.5, 0.6) is 0 Å². The molecule has 0 rings (SSSR count). The monoisotopic (exact) mass is 217 g/mol. The van der Waals surface area contributed by atoms with Crippen LogP contribution in [0.3, 0.4) is 0 Å². The molecule has 13 heavy (non-hydrogen) atoms. The van der Waals surface area contributed by atoms with E-state index in [1.807, 2.05) is 12.2 Å². The van der Waals surface area contributed by atoms with Gasteiger partial charge < -0.3 is 5.41 Å². The molecule has 0 unspecified atom stereocenters. The summed E-state index contributed by atoms with van der Waals surface area (Å²) in [5.74, 6) is 0. The van der Waals surface area contributed by atoms with Gasteiger partial charge in [-0.15, -0.1) is 0 Å². The van der Waals surface area contributed by atoms with Gasteiger partial charge in [0.1, 0.15) is 0 Å². The summed E-state index contributed by atoms with van der Waals surface area (Å²) in [7, 11) is 0. The van der Waals surface area contributed by atoms with E-state index in [1.165, 1.54) is 0 Å².